The fourth-order valence-electron chi connectivity index (χ4n) is 3.48. The number of halogens is 1. The van der Waals surface area contributed by atoms with Crippen LogP contribution in [-0.2, 0) is 0 Å². The second-order valence-corrected chi connectivity index (χ2v) is 5.51. The van der Waals surface area contributed by atoms with Crippen molar-refractivity contribution in [3.05, 3.63) is 30.1 Å². The van der Waals surface area contributed by atoms with Gasteiger partial charge in [-0.1, -0.05) is 0 Å². The van der Waals surface area contributed by atoms with Crippen molar-refractivity contribution in [2.75, 3.05) is 31.6 Å². The molecule has 0 aliphatic carbocycles. The van der Waals surface area contributed by atoms with E-state index in [2.05, 4.69) is 23.8 Å². The minimum atomic E-state index is -0.152. The summed E-state index contributed by atoms with van der Waals surface area (Å²) in [6, 6.07) is 7.48. The van der Waals surface area contributed by atoms with Crippen molar-refractivity contribution in [2.24, 2.45) is 11.8 Å². The summed E-state index contributed by atoms with van der Waals surface area (Å²) < 4.78 is 12.9. The summed E-state index contributed by atoms with van der Waals surface area (Å²) in [5.74, 6) is 1.39. The van der Waals surface area contributed by atoms with E-state index in [1.807, 2.05) is 12.1 Å². The highest BCUT2D eigenvalue weighted by molar-refractivity contribution is 5.49. The molecule has 0 aromatic heterocycles. The summed E-state index contributed by atoms with van der Waals surface area (Å²) in [5.41, 5.74) is 1.16. The van der Waals surface area contributed by atoms with E-state index in [1.54, 1.807) is 12.1 Å². The first-order chi connectivity index (χ1) is 8.15. The minimum absolute atomic E-state index is 0.152. The molecular formula is C14H19FN2. The number of benzene rings is 1. The third kappa shape index (κ3) is 1.82. The average Bonchev–Trinajstić information content (AvgIpc) is 2.79. The van der Waals surface area contributed by atoms with Crippen LogP contribution in [0.25, 0.3) is 0 Å². The topological polar surface area (TPSA) is 6.48 Å². The Kier molecular flexibility index (Phi) is 2.58. The molecule has 0 amide bonds. The smallest absolute Gasteiger partial charge is 0.123 e. The van der Waals surface area contributed by atoms with Crippen LogP contribution in [0.15, 0.2) is 24.3 Å². The summed E-state index contributed by atoms with van der Waals surface area (Å²) >= 11 is 0. The summed E-state index contributed by atoms with van der Waals surface area (Å²) in [5, 5.41) is 0. The van der Waals surface area contributed by atoms with E-state index in [9.17, 15) is 4.39 Å². The van der Waals surface area contributed by atoms with Gasteiger partial charge >= 0.3 is 0 Å². The highest BCUT2D eigenvalue weighted by atomic mass is 19.1. The Morgan fingerprint density at radius 2 is 1.82 bits per heavy atom. The Morgan fingerprint density at radius 1 is 1.12 bits per heavy atom. The monoisotopic (exact) mass is 234 g/mol. The van der Waals surface area contributed by atoms with Gasteiger partial charge in [-0.05, 0) is 50.1 Å². The molecule has 3 heteroatoms. The maximum absolute atomic E-state index is 12.9. The Balaban J connectivity index is 1.81. The number of nitrogens with zero attached hydrogens (tertiary/aromatic N) is 2. The lowest BCUT2D eigenvalue weighted by atomic mass is 9.95. The van der Waals surface area contributed by atoms with Crippen LogP contribution >= 0.6 is 0 Å². The van der Waals surface area contributed by atoms with E-state index in [-0.39, 0.29) is 5.82 Å². The average molecular weight is 234 g/mol. The molecule has 2 heterocycles. The van der Waals surface area contributed by atoms with Gasteiger partial charge in [-0.15, -0.1) is 0 Å². The van der Waals surface area contributed by atoms with E-state index in [1.165, 1.54) is 13.1 Å². The van der Waals surface area contributed by atoms with Crippen LogP contribution in [0.3, 0.4) is 0 Å². The fourth-order valence-corrected chi connectivity index (χ4v) is 3.48. The van der Waals surface area contributed by atoms with Crippen LogP contribution in [0.5, 0.6) is 0 Å². The molecule has 3 atom stereocenters. The molecule has 2 fully saturated rings. The lowest BCUT2D eigenvalue weighted by Crippen LogP contribution is -2.33. The lowest BCUT2D eigenvalue weighted by Gasteiger charge is -2.27. The van der Waals surface area contributed by atoms with Gasteiger partial charge in [-0.2, -0.15) is 0 Å². The first-order valence-electron chi connectivity index (χ1n) is 6.36. The molecule has 0 bridgehead atoms. The van der Waals surface area contributed by atoms with Gasteiger partial charge in [0.05, 0.1) is 0 Å². The molecule has 92 valence electrons. The molecule has 2 aliphatic rings. The molecular weight excluding hydrogens is 215 g/mol. The Hall–Kier alpha value is -1.09. The van der Waals surface area contributed by atoms with Crippen molar-refractivity contribution in [1.82, 2.24) is 4.90 Å². The Bertz CT molecular complexity index is 403. The molecule has 0 radical (unpaired) electrons. The van der Waals surface area contributed by atoms with Crippen molar-refractivity contribution >= 4 is 5.69 Å². The number of fused-ring (bicyclic) bond motifs is 1. The van der Waals surface area contributed by atoms with Crippen molar-refractivity contribution in [3.63, 3.8) is 0 Å². The van der Waals surface area contributed by atoms with E-state index in [0.717, 1.165) is 24.1 Å². The predicted molar refractivity (Wildman–Crippen MR) is 67.7 cm³/mol. The summed E-state index contributed by atoms with van der Waals surface area (Å²) in [6.45, 7) is 5.81. The highest BCUT2D eigenvalue weighted by Crippen LogP contribution is 2.37. The standard InChI is InChI=1S/C14H19FN2/c1-10-14-9-16(2)7-11(14)8-17(10)13-5-3-12(15)4-6-13/h3-6,10-11,14H,7-9H2,1-2H3. The van der Waals surface area contributed by atoms with Gasteiger partial charge in [-0.3, -0.25) is 0 Å². The maximum atomic E-state index is 12.9. The first kappa shape index (κ1) is 11.0. The Morgan fingerprint density at radius 3 is 2.47 bits per heavy atom. The largest absolute Gasteiger partial charge is 0.368 e. The zero-order chi connectivity index (χ0) is 12.0. The number of rotatable bonds is 1. The number of anilines is 1. The lowest BCUT2D eigenvalue weighted by molar-refractivity contribution is 0.374. The quantitative estimate of drug-likeness (QED) is 0.735. The molecule has 1 aromatic carbocycles. The molecule has 3 unspecified atom stereocenters. The van der Waals surface area contributed by atoms with E-state index in [4.69, 9.17) is 0 Å². The zero-order valence-electron chi connectivity index (χ0n) is 10.4. The maximum Gasteiger partial charge on any atom is 0.123 e. The number of hydrogen-bond donors (Lipinski definition) is 0. The molecule has 2 saturated heterocycles. The fraction of sp³-hybridized carbons (Fsp3) is 0.571. The second kappa shape index (κ2) is 3.98. The van der Waals surface area contributed by atoms with Crippen LogP contribution in [0.1, 0.15) is 6.92 Å². The predicted octanol–water partition coefficient (Wildman–Crippen LogP) is 2.21. The molecule has 0 spiro atoms. The van der Waals surface area contributed by atoms with Crippen molar-refractivity contribution in [1.29, 1.82) is 0 Å². The number of likely N-dealkylation sites (tertiary alicyclic amines) is 1. The summed E-state index contributed by atoms with van der Waals surface area (Å²) in [6.07, 6.45) is 0. The zero-order valence-corrected chi connectivity index (χ0v) is 10.4. The third-order valence-electron chi connectivity index (χ3n) is 4.37. The number of hydrogen-bond acceptors (Lipinski definition) is 2. The van der Waals surface area contributed by atoms with Crippen LogP contribution in [-0.4, -0.2) is 37.6 Å². The van der Waals surface area contributed by atoms with Crippen molar-refractivity contribution in [3.8, 4) is 0 Å². The highest BCUT2D eigenvalue weighted by Gasteiger charge is 2.43. The van der Waals surface area contributed by atoms with Gasteiger partial charge in [0, 0.05) is 31.4 Å². The second-order valence-electron chi connectivity index (χ2n) is 5.51. The molecule has 2 aliphatic heterocycles. The Labute approximate surface area is 102 Å². The van der Waals surface area contributed by atoms with Crippen LogP contribution in [0.2, 0.25) is 0 Å². The van der Waals surface area contributed by atoms with E-state index in [0.29, 0.717) is 6.04 Å². The van der Waals surface area contributed by atoms with Gasteiger partial charge in [0.1, 0.15) is 5.82 Å². The molecule has 1 aromatic rings. The SMILES string of the molecule is CC1C2CN(C)CC2CN1c1ccc(F)cc1. The van der Waals surface area contributed by atoms with Crippen LogP contribution < -0.4 is 4.90 Å². The van der Waals surface area contributed by atoms with Crippen LogP contribution in [0, 0.1) is 17.7 Å². The van der Waals surface area contributed by atoms with E-state index >= 15 is 0 Å². The molecule has 0 saturated carbocycles. The van der Waals surface area contributed by atoms with Crippen LogP contribution in [0.4, 0.5) is 10.1 Å². The van der Waals surface area contributed by atoms with Crippen molar-refractivity contribution < 1.29 is 4.39 Å². The normalized spacial score (nSPS) is 33.1. The van der Waals surface area contributed by atoms with Gasteiger partial charge in [-0.25, -0.2) is 4.39 Å². The minimum Gasteiger partial charge on any atom is -0.368 e. The molecule has 0 N–H and O–H groups in total. The summed E-state index contributed by atoms with van der Waals surface area (Å²) in [4.78, 5) is 4.86. The van der Waals surface area contributed by atoms with Gasteiger partial charge < -0.3 is 9.80 Å². The summed E-state index contributed by atoms with van der Waals surface area (Å²) in [7, 11) is 2.20. The third-order valence-corrected chi connectivity index (χ3v) is 4.37. The molecule has 2 nitrogen and oxygen atoms in total. The van der Waals surface area contributed by atoms with Gasteiger partial charge in [0.2, 0.25) is 0 Å². The van der Waals surface area contributed by atoms with Gasteiger partial charge in [0.15, 0.2) is 0 Å². The first-order valence-corrected chi connectivity index (χ1v) is 6.36. The van der Waals surface area contributed by atoms with Crippen molar-refractivity contribution in [2.45, 2.75) is 13.0 Å². The molecule has 17 heavy (non-hydrogen) atoms. The molecule has 3 rings (SSSR count). The van der Waals surface area contributed by atoms with E-state index < -0.39 is 0 Å². The van der Waals surface area contributed by atoms with Gasteiger partial charge in [0.25, 0.3) is 0 Å².